The number of nitrogens with zero attached hydrogens (tertiary/aromatic N) is 2. The molecule has 0 radical (unpaired) electrons. The number of unbranched alkanes of at least 4 members (excludes halogenated alkanes) is 16. The Labute approximate surface area is 314 Å². The van der Waals surface area contributed by atoms with Gasteiger partial charge in [0.25, 0.3) is 0 Å². The van der Waals surface area contributed by atoms with Gasteiger partial charge in [0.1, 0.15) is 0 Å². The number of hydrogen-bond acceptors (Lipinski definition) is 0. The molecule has 0 aromatic heterocycles. The molecule has 0 heterocycles. The van der Waals surface area contributed by atoms with Gasteiger partial charge in [-0.3, -0.25) is 0 Å². The van der Waals surface area contributed by atoms with E-state index in [9.17, 15) is 5.53 Å². The van der Waals surface area contributed by atoms with Crippen molar-refractivity contribution in [1.29, 1.82) is 0 Å². The monoisotopic (exact) mass is 687 g/mol. The molecule has 2 aromatic rings. The summed E-state index contributed by atoms with van der Waals surface area (Å²) < 4.78 is 0. The maximum atomic E-state index is 9.86. The molecule has 2 aromatic carbocycles. The van der Waals surface area contributed by atoms with E-state index in [2.05, 4.69) is 104 Å². The molecule has 0 saturated carbocycles. The molecule has 2 nitrogen and oxygen atoms in total. The minimum atomic E-state index is 0.863. The van der Waals surface area contributed by atoms with Gasteiger partial charge in [0, 0.05) is 19.3 Å². The molecule has 0 atom stereocenters. The Morgan fingerprint density at radius 3 is 1.63 bits per heavy atom. The second-order valence-corrected chi connectivity index (χ2v) is 14.2. The SMILES string of the molecule is CC#CCCCc1ccccc1C(=C(CCCC)C(=C=[N+]=[N-])CCCCCC)c1ccccc1CCC#CCCCCCCCCCCCCC. The topological polar surface area (TPSA) is 36.4 Å². The third kappa shape index (κ3) is 18.5. The summed E-state index contributed by atoms with van der Waals surface area (Å²) in [4.78, 5) is 3.52. The molecular weight excluding hydrogens is 617 g/mol. The van der Waals surface area contributed by atoms with Gasteiger partial charge in [0.2, 0.25) is 0 Å². The lowest BCUT2D eigenvalue weighted by molar-refractivity contribution is 0.00739. The Hall–Kier alpha value is -3.54. The van der Waals surface area contributed by atoms with Crippen LogP contribution in [-0.4, -0.2) is 10.7 Å². The minimum Gasteiger partial charge on any atom is -0.348 e. The Morgan fingerprint density at radius 1 is 0.529 bits per heavy atom. The Kier molecular flexibility index (Phi) is 25.8. The summed E-state index contributed by atoms with van der Waals surface area (Å²) >= 11 is 0. The molecule has 0 bridgehead atoms. The van der Waals surface area contributed by atoms with Crippen molar-refractivity contribution in [1.82, 2.24) is 0 Å². The van der Waals surface area contributed by atoms with Crippen LogP contribution in [0.3, 0.4) is 0 Å². The smallest absolute Gasteiger partial charge is 0.303 e. The van der Waals surface area contributed by atoms with Gasteiger partial charge >= 0.3 is 5.87 Å². The fourth-order valence-electron chi connectivity index (χ4n) is 7.02. The van der Waals surface area contributed by atoms with E-state index in [-0.39, 0.29) is 0 Å². The first kappa shape index (κ1) is 43.6. The van der Waals surface area contributed by atoms with Crippen LogP contribution in [-0.2, 0) is 12.8 Å². The molecule has 0 aliphatic carbocycles. The second-order valence-electron chi connectivity index (χ2n) is 14.2. The van der Waals surface area contributed by atoms with Crippen molar-refractivity contribution in [3.63, 3.8) is 0 Å². The lowest BCUT2D eigenvalue weighted by Gasteiger charge is -2.22. The van der Waals surface area contributed by atoms with Crippen molar-refractivity contribution in [2.24, 2.45) is 0 Å². The lowest BCUT2D eigenvalue weighted by atomic mass is 9.81. The van der Waals surface area contributed by atoms with Crippen LogP contribution in [0.25, 0.3) is 11.1 Å². The zero-order chi connectivity index (χ0) is 36.6. The molecule has 0 N–H and O–H groups in total. The summed E-state index contributed by atoms with van der Waals surface area (Å²) in [5, 5.41) is 0. The molecule has 0 saturated heterocycles. The van der Waals surface area contributed by atoms with E-state index in [1.54, 1.807) is 0 Å². The molecule has 0 spiro atoms. The predicted molar refractivity (Wildman–Crippen MR) is 223 cm³/mol. The highest BCUT2D eigenvalue weighted by Crippen LogP contribution is 2.38. The number of rotatable bonds is 27. The standard InChI is InChI=1S/C49H70N2/c1-5-9-13-16-17-18-19-20-21-22-23-24-25-26-29-35-44-37-31-33-41-47(44)49(46-40-32-30-36-43(46)34-27-14-10-6-2)48(39-12-8-4)45(42-51-50)38-28-15-11-7-3/h30-33,36-37,40-41H,5,7-9,11-24,27-29,34-35,38-39H2,1-4H3. The molecular formula is C49H70N2. The van der Waals surface area contributed by atoms with Crippen molar-refractivity contribution in [2.75, 3.05) is 0 Å². The number of benzene rings is 2. The van der Waals surface area contributed by atoms with E-state index >= 15 is 0 Å². The number of hydrogen-bond donors (Lipinski definition) is 0. The molecule has 0 aliphatic rings. The number of allylic oxidation sites excluding steroid dienone is 2. The highest BCUT2D eigenvalue weighted by molar-refractivity contribution is 5.89. The van der Waals surface area contributed by atoms with Crippen LogP contribution in [0.15, 0.2) is 59.7 Å². The molecule has 2 rings (SSSR count). The highest BCUT2D eigenvalue weighted by Gasteiger charge is 2.21. The maximum Gasteiger partial charge on any atom is 0.303 e. The van der Waals surface area contributed by atoms with Gasteiger partial charge in [-0.25, -0.2) is 0 Å². The Morgan fingerprint density at radius 2 is 1.04 bits per heavy atom. The average Bonchev–Trinajstić information content (AvgIpc) is 3.15. The van der Waals surface area contributed by atoms with Gasteiger partial charge in [-0.1, -0.05) is 159 Å². The molecule has 0 amide bonds. The van der Waals surface area contributed by atoms with Crippen molar-refractivity contribution in [3.8, 4) is 23.7 Å². The van der Waals surface area contributed by atoms with Gasteiger partial charge in [-0.05, 0) is 91.7 Å². The third-order valence-electron chi connectivity index (χ3n) is 9.96. The summed E-state index contributed by atoms with van der Waals surface area (Å²) in [6.45, 7) is 8.72. The highest BCUT2D eigenvalue weighted by atomic mass is 14.8. The molecule has 51 heavy (non-hydrogen) atoms. The zero-order valence-corrected chi connectivity index (χ0v) is 33.2. The van der Waals surface area contributed by atoms with Gasteiger partial charge < -0.3 is 5.53 Å². The summed E-state index contributed by atoms with van der Waals surface area (Å²) in [5.41, 5.74) is 18.7. The Bertz CT molecular complexity index is 1470. The van der Waals surface area contributed by atoms with E-state index in [0.29, 0.717) is 0 Å². The van der Waals surface area contributed by atoms with Gasteiger partial charge in [0.15, 0.2) is 0 Å². The van der Waals surface area contributed by atoms with Crippen LogP contribution >= 0.6 is 0 Å². The molecule has 276 valence electrons. The van der Waals surface area contributed by atoms with E-state index in [1.807, 2.05) is 6.92 Å². The molecule has 0 unspecified atom stereocenters. The van der Waals surface area contributed by atoms with Gasteiger partial charge in [0.05, 0.1) is 5.57 Å². The van der Waals surface area contributed by atoms with Crippen molar-refractivity contribution >= 4 is 11.4 Å². The summed E-state index contributed by atoms with van der Waals surface area (Å²) in [5.74, 6) is 16.4. The predicted octanol–water partition coefficient (Wildman–Crippen LogP) is 14.5. The molecule has 0 aliphatic heterocycles. The quantitative estimate of drug-likeness (QED) is 0.0224. The van der Waals surface area contributed by atoms with Crippen molar-refractivity contribution in [2.45, 2.75) is 188 Å². The van der Waals surface area contributed by atoms with E-state index in [0.717, 1.165) is 76.2 Å². The molecule has 2 heteroatoms. The van der Waals surface area contributed by atoms with Crippen LogP contribution < -0.4 is 0 Å². The maximum absolute atomic E-state index is 9.86. The van der Waals surface area contributed by atoms with Crippen LogP contribution in [0.2, 0.25) is 0 Å². The van der Waals surface area contributed by atoms with Crippen LogP contribution in [0.5, 0.6) is 0 Å². The fourth-order valence-corrected chi connectivity index (χ4v) is 7.02. The van der Waals surface area contributed by atoms with Crippen LogP contribution in [0.1, 0.15) is 198 Å². The molecule has 0 fully saturated rings. The summed E-state index contributed by atoms with van der Waals surface area (Å²) in [7, 11) is 0. The van der Waals surface area contributed by atoms with Crippen LogP contribution in [0.4, 0.5) is 0 Å². The first-order chi connectivity index (χ1) is 25.2. The average molecular weight is 687 g/mol. The fraction of sp³-hybridized carbons (Fsp3) is 0.592. The van der Waals surface area contributed by atoms with Gasteiger partial charge in [-0.15, -0.1) is 28.5 Å². The van der Waals surface area contributed by atoms with Crippen LogP contribution in [0, 0.1) is 23.7 Å². The normalized spacial score (nSPS) is 11.1. The van der Waals surface area contributed by atoms with Crippen molar-refractivity contribution in [3.05, 3.63) is 87.5 Å². The zero-order valence-electron chi connectivity index (χ0n) is 33.2. The van der Waals surface area contributed by atoms with E-state index in [1.165, 1.54) is 123 Å². The first-order valence-electron chi connectivity index (χ1n) is 20.9. The van der Waals surface area contributed by atoms with E-state index in [4.69, 9.17) is 0 Å². The first-order valence-corrected chi connectivity index (χ1v) is 20.9. The summed E-state index contributed by atoms with van der Waals surface area (Å²) in [6.07, 6.45) is 29.4. The second kappa shape index (κ2) is 30.1. The van der Waals surface area contributed by atoms with Gasteiger partial charge in [-0.2, -0.15) is 0 Å². The minimum absolute atomic E-state index is 0.863. The lowest BCUT2D eigenvalue weighted by Crippen LogP contribution is -2.06. The third-order valence-corrected chi connectivity index (χ3v) is 9.96. The van der Waals surface area contributed by atoms with Crippen molar-refractivity contribution < 1.29 is 4.79 Å². The summed E-state index contributed by atoms with van der Waals surface area (Å²) in [6, 6.07) is 17.9. The van der Waals surface area contributed by atoms with E-state index < -0.39 is 0 Å². The number of aryl methyl sites for hydroxylation is 2. The largest absolute Gasteiger partial charge is 0.348 e. The Balaban J connectivity index is 2.33.